The molecule has 1 aliphatic heterocycles. The summed E-state index contributed by atoms with van der Waals surface area (Å²) in [6.07, 6.45) is 0. The molecule has 140 valence electrons. The summed E-state index contributed by atoms with van der Waals surface area (Å²) in [5, 5.41) is 3.02. The van der Waals surface area contributed by atoms with E-state index in [2.05, 4.69) is 21.2 Å². The second kappa shape index (κ2) is 8.49. The van der Waals surface area contributed by atoms with Gasteiger partial charge in [-0.3, -0.25) is 0 Å². The Balaban J connectivity index is 2.71. The van der Waals surface area contributed by atoms with Crippen LogP contribution in [-0.4, -0.2) is 25.2 Å². The average Bonchev–Trinajstić information content (AvgIpc) is 2.56. The molecule has 1 aromatic rings. The maximum atomic E-state index is 14.7. The number of nitrogens with one attached hydrogen (secondary N) is 1. The molecule has 0 aliphatic carbocycles. The van der Waals surface area contributed by atoms with Crippen LogP contribution in [0.4, 0.5) is 4.39 Å². The number of rotatable bonds is 5. The maximum absolute atomic E-state index is 14.7. The van der Waals surface area contributed by atoms with Crippen molar-refractivity contribution in [2.45, 2.75) is 33.6 Å². The molecule has 0 radical (unpaired) electrons. The Labute approximate surface area is 160 Å². The van der Waals surface area contributed by atoms with Crippen LogP contribution in [0.15, 0.2) is 45.2 Å². The number of benzene rings is 1. The lowest BCUT2D eigenvalue weighted by atomic mass is 9.80. The lowest BCUT2D eigenvalue weighted by Crippen LogP contribution is -2.33. The Kier molecular flexibility index (Phi) is 6.58. The molecule has 0 saturated carbocycles. The van der Waals surface area contributed by atoms with Gasteiger partial charge in [0.25, 0.3) is 0 Å². The summed E-state index contributed by atoms with van der Waals surface area (Å²) in [6.45, 7) is 7.10. The van der Waals surface area contributed by atoms with Gasteiger partial charge in [-0.1, -0.05) is 15.9 Å². The number of allylic oxidation sites excluding steroid dienone is 2. The maximum Gasteiger partial charge on any atom is 0.336 e. The topological polar surface area (TPSA) is 64.6 Å². The number of dihydropyridines is 1. The fraction of sp³-hybridized carbons (Fsp3) is 0.368. The van der Waals surface area contributed by atoms with Gasteiger partial charge in [-0.15, -0.1) is 0 Å². The molecule has 1 heterocycles. The molecular weight excluding hydrogens is 405 g/mol. The Morgan fingerprint density at radius 2 is 1.58 bits per heavy atom. The molecule has 0 aromatic heterocycles. The molecule has 1 N–H and O–H groups in total. The molecule has 0 fully saturated rings. The number of ether oxygens (including phenoxy) is 2. The van der Waals surface area contributed by atoms with E-state index in [9.17, 15) is 14.0 Å². The van der Waals surface area contributed by atoms with E-state index in [1.807, 2.05) is 0 Å². The highest BCUT2D eigenvalue weighted by Crippen LogP contribution is 2.41. The van der Waals surface area contributed by atoms with Gasteiger partial charge in [-0.2, -0.15) is 0 Å². The smallest absolute Gasteiger partial charge is 0.336 e. The quantitative estimate of drug-likeness (QED) is 0.723. The number of carbonyl (C=O) groups is 2. The van der Waals surface area contributed by atoms with Gasteiger partial charge in [-0.25, -0.2) is 14.0 Å². The first-order chi connectivity index (χ1) is 12.3. The summed E-state index contributed by atoms with van der Waals surface area (Å²) in [4.78, 5) is 25.2. The van der Waals surface area contributed by atoms with E-state index in [-0.39, 0.29) is 29.9 Å². The number of esters is 2. The lowest BCUT2D eigenvalue weighted by Gasteiger charge is -2.30. The summed E-state index contributed by atoms with van der Waals surface area (Å²) < 4.78 is 25.6. The Hall–Kier alpha value is -2.15. The molecular formula is C19H21BrFNO4. The van der Waals surface area contributed by atoms with E-state index in [1.54, 1.807) is 39.8 Å². The van der Waals surface area contributed by atoms with Crippen molar-refractivity contribution in [1.82, 2.24) is 5.32 Å². The van der Waals surface area contributed by atoms with Gasteiger partial charge in [0, 0.05) is 21.4 Å². The van der Waals surface area contributed by atoms with Crippen LogP contribution in [0.5, 0.6) is 0 Å². The van der Waals surface area contributed by atoms with Crippen molar-refractivity contribution >= 4 is 27.9 Å². The van der Waals surface area contributed by atoms with Crippen molar-refractivity contribution < 1.29 is 23.5 Å². The van der Waals surface area contributed by atoms with Crippen molar-refractivity contribution in [1.29, 1.82) is 0 Å². The number of carbonyl (C=O) groups excluding carboxylic acids is 2. The zero-order valence-corrected chi connectivity index (χ0v) is 16.7. The minimum atomic E-state index is -0.924. The minimum absolute atomic E-state index is 0.167. The SMILES string of the molecule is CCOC(=O)C1=C(C)NC(C)=C(C(=O)OCC)C1c1cc(Br)ccc1F. The number of halogens is 2. The summed E-state index contributed by atoms with van der Waals surface area (Å²) in [7, 11) is 0. The molecule has 1 aromatic carbocycles. The third-order valence-electron chi connectivity index (χ3n) is 4.02. The normalized spacial score (nSPS) is 15.0. The van der Waals surface area contributed by atoms with Crippen LogP contribution in [0.1, 0.15) is 39.2 Å². The van der Waals surface area contributed by atoms with E-state index in [1.165, 1.54) is 6.07 Å². The minimum Gasteiger partial charge on any atom is -0.463 e. The van der Waals surface area contributed by atoms with Crippen LogP contribution in [-0.2, 0) is 19.1 Å². The van der Waals surface area contributed by atoms with Crippen LogP contribution in [0.2, 0.25) is 0 Å². The molecule has 5 nitrogen and oxygen atoms in total. The summed E-state index contributed by atoms with van der Waals surface area (Å²) in [5.41, 5.74) is 1.61. The van der Waals surface area contributed by atoms with Gasteiger partial charge in [-0.05, 0) is 45.9 Å². The Morgan fingerprint density at radius 3 is 2.04 bits per heavy atom. The van der Waals surface area contributed by atoms with Gasteiger partial charge in [0.1, 0.15) is 5.82 Å². The largest absolute Gasteiger partial charge is 0.463 e. The van der Waals surface area contributed by atoms with Crippen LogP contribution < -0.4 is 5.32 Å². The van der Waals surface area contributed by atoms with E-state index >= 15 is 0 Å². The predicted molar refractivity (Wildman–Crippen MR) is 98.6 cm³/mol. The molecule has 0 spiro atoms. The fourth-order valence-electron chi connectivity index (χ4n) is 3.00. The first kappa shape index (κ1) is 20.2. The second-order valence-electron chi connectivity index (χ2n) is 5.74. The van der Waals surface area contributed by atoms with Crippen molar-refractivity contribution in [3.63, 3.8) is 0 Å². The highest BCUT2D eigenvalue weighted by molar-refractivity contribution is 9.10. The monoisotopic (exact) mass is 425 g/mol. The van der Waals surface area contributed by atoms with Gasteiger partial charge in [0.15, 0.2) is 0 Å². The fourth-order valence-corrected chi connectivity index (χ4v) is 3.38. The molecule has 0 bridgehead atoms. The van der Waals surface area contributed by atoms with Crippen LogP contribution >= 0.6 is 15.9 Å². The van der Waals surface area contributed by atoms with Crippen molar-refractivity contribution in [2.75, 3.05) is 13.2 Å². The summed E-state index contributed by atoms with van der Waals surface area (Å²) in [6, 6.07) is 4.41. The number of hydrogen-bond donors (Lipinski definition) is 1. The van der Waals surface area contributed by atoms with E-state index in [0.717, 1.165) is 0 Å². The van der Waals surface area contributed by atoms with Crippen LogP contribution in [0.3, 0.4) is 0 Å². The Morgan fingerprint density at radius 1 is 1.08 bits per heavy atom. The molecule has 0 atom stereocenters. The standard InChI is InChI=1S/C19H21BrFNO4/c1-5-25-18(23)15-10(3)22-11(4)16(19(24)26-6-2)17(15)13-9-12(20)7-8-14(13)21/h7-9,17,22H,5-6H2,1-4H3. The van der Waals surface area contributed by atoms with Gasteiger partial charge < -0.3 is 14.8 Å². The van der Waals surface area contributed by atoms with Crippen molar-refractivity contribution in [3.8, 4) is 0 Å². The molecule has 0 unspecified atom stereocenters. The van der Waals surface area contributed by atoms with Crippen LogP contribution in [0.25, 0.3) is 0 Å². The molecule has 2 rings (SSSR count). The third kappa shape index (κ3) is 3.98. The molecule has 7 heteroatoms. The molecule has 26 heavy (non-hydrogen) atoms. The van der Waals surface area contributed by atoms with Crippen LogP contribution in [0, 0.1) is 5.82 Å². The molecule has 0 amide bonds. The third-order valence-corrected chi connectivity index (χ3v) is 4.51. The zero-order valence-electron chi connectivity index (χ0n) is 15.1. The molecule has 1 aliphatic rings. The summed E-state index contributed by atoms with van der Waals surface area (Å²) >= 11 is 3.32. The zero-order chi connectivity index (χ0) is 19.4. The first-order valence-corrected chi connectivity index (χ1v) is 9.08. The van der Waals surface area contributed by atoms with Gasteiger partial charge in [0.05, 0.1) is 30.3 Å². The van der Waals surface area contributed by atoms with Crippen molar-refractivity contribution in [3.05, 3.63) is 56.6 Å². The highest BCUT2D eigenvalue weighted by Gasteiger charge is 2.39. The van der Waals surface area contributed by atoms with E-state index < -0.39 is 23.7 Å². The highest BCUT2D eigenvalue weighted by atomic mass is 79.9. The van der Waals surface area contributed by atoms with Crippen molar-refractivity contribution in [2.24, 2.45) is 0 Å². The van der Waals surface area contributed by atoms with E-state index in [4.69, 9.17) is 9.47 Å². The van der Waals surface area contributed by atoms with Gasteiger partial charge in [0.2, 0.25) is 0 Å². The predicted octanol–water partition coefficient (Wildman–Crippen LogP) is 3.95. The Bertz CT molecular complexity index is 761. The molecule has 0 saturated heterocycles. The summed E-state index contributed by atoms with van der Waals surface area (Å²) in [5.74, 6) is -2.65. The lowest BCUT2D eigenvalue weighted by molar-refractivity contribution is -0.139. The second-order valence-corrected chi connectivity index (χ2v) is 6.66. The van der Waals surface area contributed by atoms with E-state index in [0.29, 0.717) is 15.9 Å². The first-order valence-electron chi connectivity index (χ1n) is 8.29. The number of hydrogen-bond acceptors (Lipinski definition) is 5. The van der Waals surface area contributed by atoms with Gasteiger partial charge >= 0.3 is 11.9 Å². The average molecular weight is 426 g/mol.